The highest BCUT2D eigenvalue weighted by Gasteiger charge is 2.28. The predicted octanol–water partition coefficient (Wildman–Crippen LogP) is 3.43. The molecule has 0 aromatic carbocycles. The molecular formula is C17H21N7S. The number of nitrogens with zero attached hydrogens (tertiary/aromatic N) is 5. The van der Waals surface area contributed by atoms with E-state index < -0.39 is 0 Å². The topological polar surface area (TPSA) is 92.9 Å². The Bertz CT molecular complexity index is 905. The molecule has 8 heteroatoms. The summed E-state index contributed by atoms with van der Waals surface area (Å²) in [5, 5.41) is 4.29. The number of nitrogens with two attached hydrogens (primary N) is 1. The summed E-state index contributed by atoms with van der Waals surface area (Å²) < 4.78 is 1.03. The molecule has 1 saturated heterocycles. The van der Waals surface area contributed by atoms with Crippen molar-refractivity contribution in [3.63, 3.8) is 0 Å². The van der Waals surface area contributed by atoms with Gasteiger partial charge in [0.15, 0.2) is 10.9 Å². The number of hydrogen-bond donors (Lipinski definition) is 2. The standard InChI is InChI=1S/C17H21N7S/c1-17(2)5-3-7-24(9-17)16-22-11-4-6-19-15(14(11)25-16)23-13-8-12(18)20-10-21-13/h4,6,8,10H,3,5,7,9H2,1-2H3,(H3,18,19,20,21,23). The number of fused-ring (bicyclic) bond motifs is 1. The Labute approximate surface area is 150 Å². The smallest absolute Gasteiger partial charge is 0.186 e. The summed E-state index contributed by atoms with van der Waals surface area (Å²) >= 11 is 1.67. The van der Waals surface area contributed by atoms with Gasteiger partial charge in [-0.25, -0.2) is 19.9 Å². The molecule has 1 aliphatic rings. The number of nitrogen functional groups attached to an aromatic ring is 1. The summed E-state index contributed by atoms with van der Waals surface area (Å²) in [7, 11) is 0. The van der Waals surface area contributed by atoms with Crippen molar-refractivity contribution in [2.45, 2.75) is 26.7 Å². The van der Waals surface area contributed by atoms with Crippen LogP contribution in [0.25, 0.3) is 10.2 Å². The van der Waals surface area contributed by atoms with Crippen molar-refractivity contribution < 1.29 is 0 Å². The number of nitrogens with one attached hydrogen (secondary N) is 1. The molecule has 0 spiro atoms. The van der Waals surface area contributed by atoms with Crippen LogP contribution in [0.15, 0.2) is 24.7 Å². The lowest BCUT2D eigenvalue weighted by atomic mass is 9.84. The molecule has 1 aliphatic heterocycles. The molecule has 3 aromatic rings. The van der Waals surface area contributed by atoms with E-state index in [-0.39, 0.29) is 0 Å². The van der Waals surface area contributed by atoms with Gasteiger partial charge < -0.3 is 16.0 Å². The maximum atomic E-state index is 5.72. The van der Waals surface area contributed by atoms with Gasteiger partial charge >= 0.3 is 0 Å². The molecule has 25 heavy (non-hydrogen) atoms. The van der Waals surface area contributed by atoms with Gasteiger partial charge in [0, 0.05) is 25.4 Å². The SMILES string of the molecule is CC1(C)CCCN(c2nc3ccnc(Nc4cc(N)ncn4)c3s2)C1. The Morgan fingerprint density at radius 3 is 2.96 bits per heavy atom. The van der Waals surface area contributed by atoms with Crippen LogP contribution in [-0.4, -0.2) is 33.0 Å². The molecule has 3 N–H and O–H groups in total. The number of thiazole rings is 1. The fourth-order valence-corrected chi connectivity index (χ4v) is 4.25. The van der Waals surface area contributed by atoms with Gasteiger partial charge in [0.05, 0.1) is 10.2 Å². The van der Waals surface area contributed by atoms with E-state index in [0.29, 0.717) is 17.1 Å². The number of hydrogen-bond acceptors (Lipinski definition) is 8. The first kappa shape index (κ1) is 16.0. The Hall–Kier alpha value is -2.48. The minimum Gasteiger partial charge on any atom is -0.384 e. The third kappa shape index (κ3) is 3.34. The van der Waals surface area contributed by atoms with Gasteiger partial charge in [-0.2, -0.15) is 0 Å². The molecule has 0 unspecified atom stereocenters. The van der Waals surface area contributed by atoms with Crippen molar-refractivity contribution in [2.75, 3.05) is 29.0 Å². The van der Waals surface area contributed by atoms with E-state index in [1.54, 1.807) is 23.6 Å². The molecule has 0 atom stereocenters. The maximum absolute atomic E-state index is 5.72. The number of anilines is 4. The molecule has 7 nitrogen and oxygen atoms in total. The van der Waals surface area contributed by atoms with E-state index in [1.165, 1.54) is 19.2 Å². The Balaban J connectivity index is 1.67. The third-order valence-electron chi connectivity index (χ3n) is 4.40. The van der Waals surface area contributed by atoms with E-state index in [4.69, 9.17) is 10.7 Å². The molecule has 4 heterocycles. The largest absolute Gasteiger partial charge is 0.384 e. The van der Waals surface area contributed by atoms with Gasteiger partial charge in [-0.15, -0.1) is 0 Å². The molecule has 0 aliphatic carbocycles. The highest BCUT2D eigenvalue weighted by molar-refractivity contribution is 7.22. The Morgan fingerprint density at radius 2 is 2.16 bits per heavy atom. The average molecular weight is 355 g/mol. The molecule has 0 radical (unpaired) electrons. The number of pyridine rings is 1. The van der Waals surface area contributed by atoms with Crippen LogP contribution < -0.4 is 16.0 Å². The van der Waals surface area contributed by atoms with Crippen LogP contribution in [0, 0.1) is 5.41 Å². The van der Waals surface area contributed by atoms with Crippen molar-refractivity contribution in [3.05, 3.63) is 24.7 Å². The minimum atomic E-state index is 0.327. The van der Waals surface area contributed by atoms with Crippen molar-refractivity contribution in [1.29, 1.82) is 0 Å². The summed E-state index contributed by atoms with van der Waals surface area (Å²) in [6.45, 7) is 6.73. The Morgan fingerprint density at radius 1 is 1.28 bits per heavy atom. The zero-order valence-electron chi connectivity index (χ0n) is 14.4. The van der Waals surface area contributed by atoms with Crippen LogP contribution in [0.5, 0.6) is 0 Å². The van der Waals surface area contributed by atoms with E-state index in [9.17, 15) is 0 Å². The fraction of sp³-hybridized carbons (Fsp3) is 0.412. The summed E-state index contributed by atoms with van der Waals surface area (Å²) in [5.41, 5.74) is 7.00. The molecule has 3 aromatic heterocycles. The van der Waals surface area contributed by atoms with Crippen molar-refractivity contribution in [2.24, 2.45) is 5.41 Å². The maximum Gasteiger partial charge on any atom is 0.186 e. The van der Waals surface area contributed by atoms with Crippen LogP contribution >= 0.6 is 11.3 Å². The first-order chi connectivity index (χ1) is 12.0. The molecule has 1 fully saturated rings. The highest BCUT2D eigenvalue weighted by Crippen LogP contribution is 2.37. The second-order valence-corrected chi connectivity index (χ2v) is 8.12. The molecule has 0 saturated carbocycles. The van der Waals surface area contributed by atoms with Gasteiger partial charge in [-0.05, 0) is 24.3 Å². The zero-order valence-corrected chi connectivity index (χ0v) is 15.2. The highest BCUT2D eigenvalue weighted by atomic mass is 32.1. The molecule has 0 amide bonds. The lowest BCUT2D eigenvalue weighted by molar-refractivity contribution is 0.293. The molecule has 130 valence electrons. The minimum absolute atomic E-state index is 0.327. The summed E-state index contributed by atoms with van der Waals surface area (Å²) in [4.78, 5) is 19.8. The zero-order chi connectivity index (χ0) is 17.4. The van der Waals surface area contributed by atoms with Crippen molar-refractivity contribution in [1.82, 2.24) is 19.9 Å². The van der Waals surface area contributed by atoms with Crippen LogP contribution in [0.4, 0.5) is 22.6 Å². The van der Waals surface area contributed by atoms with Gasteiger partial charge in [-0.1, -0.05) is 25.2 Å². The number of rotatable bonds is 3. The van der Waals surface area contributed by atoms with Crippen molar-refractivity contribution >= 4 is 44.1 Å². The van der Waals surface area contributed by atoms with Crippen LogP contribution in [0.3, 0.4) is 0 Å². The van der Waals surface area contributed by atoms with Crippen LogP contribution in [-0.2, 0) is 0 Å². The van der Waals surface area contributed by atoms with Crippen molar-refractivity contribution in [3.8, 4) is 0 Å². The van der Waals surface area contributed by atoms with E-state index >= 15 is 0 Å². The summed E-state index contributed by atoms with van der Waals surface area (Å²) in [6.07, 6.45) is 5.66. The van der Waals surface area contributed by atoms with Gasteiger partial charge in [0.25, 0.3) is 0 Å². The second kappa shape index (κ2) is 6.11. The lowest BCUT2D eigenvalue weighted by Crippen LogP contribution is -2.39. The third-order valence-corrected chi connectivity index (χ3v) is 5.54. The predicted molar refractivity (Wildman–Crippen MR) is 102 cm³/mol. The van der Waals surface area contributed by atoms with E-state index in [2.05, 4.69) is 39.0 Å². The van der Waals surface area contributed by atoms with Gasteiger partial charge in [0.2, 0.25) is 0 Å². The first-order valence-corrected chi connectivity index (χ1v) is 9.17. The second-order valence-electron chi connectivity index (χ2n) is 7.15. The fourth-order valence-electron chi connectivity index (χ4n) is 3.22. The number of aromatic nitrogens is 4. The normalized spacial score (nSPS) is 17.0. The quantitative estimate of drug-likeness (QED) is 0.743. The van der Waals surface area contributed by atoms with Gasteiger partial charge in [0.1, 0.15) is 18.0 Å². The van der Waals surface area contributed by atoms with E-state index in [0.717, 1.165) is 34.3 Å². The van der Waals surface area contributed by atoms with Crippen LogP contribution in [0.2, 0.25) is 0 Å². The van der Waals surface area contributed by atoms with E-state index in [1.807, 2.05) is 6.07 Å². The summed E-state index contributed by atoms with van der Waals surface area (Å²) in [6, 6.07) is 3.64. The monoisotopic (exact) mass is 355 g/mol. The van der Waals surface area contributed by atoms with Gasteiger partial charge in [-0.3, -0.25) is 0 Å². The number of piperidine rings is 1. The first-order valence-electron chi connectivity index (χ1n) is 8.35. The Kier molecular flexibility index (Phi) is 3.91. The lowest BCUT2D eigenvalue weighted by Gasteiger charge is -2.37. The molecule has 0 bridgehead atoms. The summed E-state index contributed by atoms with van der Waals surface area (Å²) in [5.74, 6) is 1.79. The average Bonchev–Trinajstić information content (AvgIpc) is 2.99. The van der Waals surface area contributed by atoms with Crippen LogP contribution in [0.1, 0.15) is 26.7 Å². The molecular weight excluding hydrogens is 334 g/mol. The molecule has 4 rings (SSSR count).